The van der Waals surface area contributed by atoms with Gasteiger partial charge in [-0.1, -0.05) is 18.2 Å². The lowest BCUT2D eigenvalue weighted by molar-refractivity contribution is 0.475. The minimum atomic E-state index is -0.285. The fourth-order valence-electron chi connectivity index (χ4n) is 2.04. The molecule has 0 bridgehead atoms. The molecule has 2 aromatic carbocycles. The number of rotatable bonds is 1. The van der Waals surface area contributed by atoms with Crippen LogP contribution in [0.2, 0.25) is 0 Å². The number of H-pyrrole nitrogens is 1. The number of phenols is 1. The monoisotopic (exact) mass is 263 g/mol. The van der Waals surface area contributed by atoms with Crippen molar-refractivity contribution in [1.29, 1.82) is 5.26 Å². The van der Waals surface area contributed by atoms with Crippen LogP contribution in [0, 0.1) is 11.3 Å². The molecule has 0 atom stereocenters. The summed E-state index contributed by atoms with van der Waals surface area (Å²) in [6, 6.07) is 13.6. The van der Waals surface area contributed by atoms with Crippen LogP contribution in [0.3, 0.4) is 0 Å². The van der Waals surface area contributed by atoms with E-state index in [0.29, 0.717) is 16.5 Å². The summed E-state index contributed by atoms with van der Waals surface area (Å²) < 4.78 is 0. The van der Waals surface area contributed by atoms with Gasteiger partial charge in [-0.2, -0.15) is 5.26 Å². The summed E-state index contributed by atoms with van der Waals surface area (Å²) >= 11 is 0. The van der Waals surface area contributed by atoms with Crippen molar-refractivity contribution in [2.45, 2.75) is 0 Å². The maximum absolute atomic E-state index is 12.0. The number of nitrogens with zero attached hydrogens (tertiary/aromatic N) is 2. The van der Waals surface area contributed by atoms with E-state index in [-0.39, 0.29) is 22.7 Å². The maximum Gasteiger partial charge on any atom is 0.259 e. The van der Waals surface area contributed by atoms with Crippen LogP contribution in [0.1, 0.15) is 5.56 Å². The number of aromatic amines is 1. The predicted molar refractivity (Wildman–Crippen MR) is 74.2 cm³/mol. The Balaban J connectivity index is 2.31. The van der Waals surface area contributed by atoms with Crippen molar-refractivity contribution < 1.29 is 5.11 Å². The highest BCUT2D eigenvalue weighted by Gasteiger charge is 2.12. The van der Waals surface area contributed by atoms with Crippen LogP contribution in [-0.4, -0.2) is 15.1 Å². The molecule has 20 heavy (non-hydrogen) atoms. The topological polar surface area (TPSA) is 89.8 Å². The van der Waals surface area contributed by atoms with Crippen LogP contribution in [0.5, 0.6) is 5.75 Å². The molecule has 3 aromatic rings. The minimum absolute atomic E-state index is 0.137. The Morgan fingerprint density at radius 2 is 1.95 bits per heavy atom. The number of benzene rings is 2. The van der Waals surface area contributed by atoms with Crippen molar-refractivity contribution >= 4 is 10.9 Å². The maximum atomic E-state index is 12.0. The molecule has 0 amide bonds. The number of aromatic hydroxyl groups is 1. The minimum Gasteiger partial charge on any atom is -0.506 e. The van der Waals surface area contributed by atoms with E-state index in [2.05, 4.69) is 9.97 Å². The number of aromatic nitrogens is 2. The highest BCUT2D eigenvalue weighted by Crippen LogP contribution is 2.29. The standard InChI is InChI=1S/C15H9N3O2/c16-8-9-4-3-6-11(13(9)19)14-17-12-7-2-1-5-10(12)15(20)18-14/h1-7,19H,(H,17,18,20). The molecule has 1 aromatic heterocycles. The Bertz CT molecular complexity index is 907. The quantitative estimate of drug-likeness (QED) is 0.704. The largest absolute Gasteiger partial charge is 0.506 e. The Hall–Kier alpha value is -3.13. The van der Waals surface area contributed by atoms with Gasteiger partial charge in [0.25, 0.3) is 5.56 Å². The summed E-state index contributed by atoms with van der Waals surface area (Å²) in [5, 5.41) is 19.4. The average Bonchev–Trinajstić information content (AvgIpc) is 2.47. The molecule has 1 heterocycles. The molecular formula is C15H9N3O2. The number of fused-ring (bicyclic) bond motifs is 1. The van der Waals surface area contributed by atoms with E-state index in [9.17, 15) is 9.90 Å². The molecule has 5 heteroatoms. The van der Waals surface area contributed by atoms with Crippen molar-refractivity contribution in [3.05, 3.63) is 58.4 Å². The zero-order valence-electron chi connectivity index (χ0n) is 10.3. The Morgan fingerprint density at radius 1 is 1.15 bits per heavy atom. The molecule has 0 unspecified atom stereocenters. The first kappa shape index (κ1) is 11.9. The van der Waals surface area contributed by atoms with Gasteiger partial charge in [-0.3, -0.25) is 4.79 Å². The van der Waals surface area contributed by atoms with Gasteiger partial charge < -0.3 is 10.1 Å². The molecule has 0 radical (unpaired) electrons. The molecule has 5 nitrogen and oxygen atoms in total. The lowest BCUT2D eigenvalue weighted by atomic mass is 10.1. The SMILES string of the molecule is N#Cc1cccc(-c2nc3ccccc3c(=O)[nH]2)c1O. The number of hydrogen-bond acceptors (Lipinski definition) is 4. The first-order chi connectivity index (χ1) is 9.70. The van der Waals surface area contributed by atoms with Gasteiger partial charge in [0.2, 0.25) is 0 Å². The van der Waals surface area contributed by atoms with Gasteiger partial charge in [0.05, 0.1) is 22.0 Å². The van der Waals surface area contributed by atoms with Crippen molar-refractivity contribution in [2.24, 2.45) is 0 Å². The molecule has 0 saturated heterocycles. The number of hydrogen-bond donors (Lipinski definition) is 2. The third kappa shape index (κ3) is 1.80. The Labute approximate surface area is 113 Å². The summed E-state index contributed by atoms with van der Waals surface area (Å²) in [6.45, 7) is 0. The molecule has 3 rings (SSSR count). The average molecular weight is 263 g/mol. The van der Waals surface area contributed by atoms with E-state index in [1.54, 1.807) is 36.4 Å². The summed E-state index contributed by atoms with van der Waals surface area (Å²) in [5.41, 5.74) is 0.714. The molecule has 0 aliphatic heterocycles. The fraction of sp³-hybridized carbons (Fsp3) is 0. The zero-order chi connectivity index (χ0) is 14.1. The second kappa shape index (κ2) is 4.52. The third-order valence-electron chi connectivity index (χ3n) is 3.02. The zero-order valence-corrected chi connectivity index (χ0v) is 10.3. The van der Waals surface area contributed by atoms with Gasteiger partial charge in [0, 0.05) is 0 Å². The number of para-hydroxylation sites is 2. The summed E-state index contributed by atoms with van der Waals surface area (Å²) in [6.07, 6.45) is 0. The van der Waals surface area contributed by atoms with Crippen molar-refractivity contribution in [3.63, 3.8) is 0 Å². The van der Waals surface area contributed by atoms with Crippen LogP contribution in [0.25, 0.3) is 22.3 Å². The van der Waals surface area contributed by atoms with Crippen LogP contribution in [0.15, 0.2) is 47.3 Å². The summed E-state index contributed by atoms with van der Waals surface area (Å²) in [7, 11) is 0. The number of nitrogens with one attached hydrogen (secondary N) is 1. The van der Waals surface area contributed by atoms with Gasteiger partial charge in [-0.25, -0.2) is 4.98 Å². The summed E-state index contributed by atoms with van der Waals surface area (Å²) in [5.74, 6) is 0.0525. The number of phenolic OH excluding ortho intramolecular Hbond substituents is 1. The molecular weight excluding hydrogens is 254 g/mol. The normalized spacial score (nSPS) is 10.3. The van der Waals surface area contributed by atoms with Gasteiger partial charge in [-0.15, -0.1) is 0 Å². The predicted octanol–water partition coefficient (Wildman–Crippen LogP) is 2.17. The Morgan fingerprint density at radius 3 is 2.75 bits per heavy atom. The van der Waals surface area contributed by atoms with Crippen molar-refractivity contribution in [3.8, 4) is 23.2 Å². The highest BCUT2D eigenvalue weighted by atomic mass is 16.3. The third-order valence-corrected chi connectivity index (χ3v) is 3.02. The first-order valence-corrected chi connectivity index (χ1v) is 5.92. The lowest BCUT2D eigenvalue weighted by Crippen LogP contribution is -2.09. The van der Waals surface area contributed by atoms with Crippen LogP contribution in [0.4, 0.5) is 0 Å². The second-order valence-electron chi connectivity index (χ2n) is 4.25. The van der Waals surface area contributed by atoms with Gasteiger partial charge in [0.15, 0.2) is 0 Å². The van der Waals surface area contributed by atoms with E-state index in [4.69, 9.17) is 5.26 Å². The van der Waals surface area contributed by atoms with Crippen molar-refractivity contribution in [1.82, 2.24) is 9.97 Å². The van der Waals surface area contributed by atoms with E-state index < -0.39 is 0 Å². The van der Waals surface area contributed by atoms with Crippen LogP contribution in [-0.2, 0) is 0 Å². The highest BCUT2D eigenvalue weighted by molar-refractivity contribution is 5.80. The molecule has 2 N–H and O–H groups in total. The molecule has 0 saturated carbocycles. The van der Waals surface area contributed by atoms with Gasteiger partial charge in [-0.05, 0) is 24.3 Å². The summed E-state index contributed by atoms with van der Waals surface area (Å²) in [4.78, 5) is 18.9. The van der Waals surface area contributed by atoms with E-state index in [1.807, 2.05) is 6.07 Å². The van der Waals surface area contributed by atoms with E-state index in [1.165, 1.54) is 6.07 Å². The van der Waals surface area contributed by atoms with Gasteiger partial charge >= 0.3 is 0 Å². The molecule has 96 valence electrons. The van der Waals surface area contributed by atoms with Crippen LogP contribution >= 0.6 is 0 Å². The van der Waals surface area contributed by atoms with Gasteiger partial charge in [0.1, 0.15) is 17.6 Å². The number of nitriles is 1. The van der Waals surface area contributed by atoms with E-state index in [0.717, 1.165) is 0 Å². The second-order valence-corrected chi connectivity index (χ2v) is 4.25. The van der Waals surface area contributed by atoms with Crippen molar-refractivity contribution in [2.75, 3.05) is 0 Å². The van der Waals surface area contributed by atoms with Crippen LogP contribution < -0.4 is 5.56 Å². The molecule has 0 aliphatic rings. The molecule has 0 fully saturated rings. The van der Waals surface area contributed by atoms with E-state index >= 15 is 0 Å². The fourth-order valence-corrected chi connectivity index (χ4v) is 2.04. The molecule has 0 aliphatic carbocycles. The molecule has 0 spiro atoms. The smallest absolute Gasteiger partial charge is 0.259 e. The first-order valence-electron chi connectivity index (χ1n) is 5.92. The Kier molecular flexibility index (Phi) is 2.70. The lowest BCUT2D eigenvalue weighted by Gasteiger charge is -2.06.